The molecule has 2 amide bonds. The molecule has 0 bridgehead atoms. The highest BCUT2D eigenvalue weighted by atomic mass is 16.5. The van der Waals surface area contributed by atoms with Crippen LogP contribution in [-0.2, 0) is 16.1 Å². The summed E-state index contributed by atoms with van der Waals surface area (Å²) in [5.41, 5.74) is 6.58. The minimum absolute atomic E-state index is 0.0510. The highest BCUT2D eigenvalue weighted by molar-refractivity contribution is 5.79. The summed E-state index contributed by atoms with van der Waals surface area (Å²) < 4.78 is 5.25. The van der Waals surface area contributed by atoms with E-state index in [1.165, 1.54) is 0 Å². The van der Waals surface area contributed by atoms with Crippen LogP contribution < -0.4 is 11.1 Å². The van der Waals surface area contributed by atoms with Gasteiger partial charge in [-0.1, -0.05) is 11.2 Å². The third kappa shape index (κ3) is 4.63. The minimum Gasteiger partial charge on any atom is -0.369 e. The van der Waals surface area contributed by atoms with Gasteiger partial charge in [-0.2, -0.15) is 0 Å². The molecule has 1 atom stereocenters. The van der Waals surface area contributed by atoms with Gasteiger partial charge in [0.15, 0.2) is 5.76 Å². The van der Waals surface area contributed by atoms with Gasteiger partial charge in [-0.3, -0.25) is 19.5 Å². The number of primary amides is 1. The molecule has 2 aromatic rings. The van der Waals surface area contributed by atoms with Crippen LogP contribution in [0.5, 0.6) is 0 Å². The summed E-state index contributed by atoms with van der Waals surface area (Å²) >= 11 is 0. The van der Waals surface area contributed by atoms with Crippen molar-refractivity contribution in [3.8, 4) is 11.4 Å². The molecule has 0 aliphatic carbocycles. The maximum atomic E-state index is 12.4. The Morgan fingerprint density at radius 3 is 3.00 bits per heavy atom. The first-order valence-electron chi connectivity index (χ1n) is 8.27. The number of nitrogens with two attached hydrogens (primary N) is 1. The first kappa shape index (κ1) is 17.1. The van der Waals surface area contributed by atoms with Gasteiger partial charge in [-0.15, -0.1) is 0 Å². The van der Waals surface area contributed by atoms with E-state index in [1.54, 1.807) is 12.3 Å². The first-order valence-corrected chi connectivity index (χ1v) is 8.27. The third-order valence-electron chi connectivity index (χ3n) is 4.18. The van der Waals surface area contributed by atoms with Gasteiger partial charge >= 0.3 is 0 Å². The lowest BCUT2D eigenvalue weighted by atomic mass is 9.97. The van der Waals surface area contributed by atoms with Crippen LogP contribution in [0, 0.1) is 5.92 Å². The zero-order chi connectivity index (χ0) is 17.6. The van der Waals surface area contributed by atoms with E-state index in [-0.39, 0.29) is 30.8 Å². The van der Waals surface area contributed by atoms with Crippen molar-refractivity contribution in [2.75, 3.05) is 19.6 Å². The maximum Gasteiger partial charge on any atom is 0.231 e. The quantitative estimate of drug-likeness (QED) is 0.792. The van der Waals surface area contributed by atoms with Gasteiger partial charge in [-0.05, 0) is 31.5 Å². The molecule has 0 radical (unpaired) electrons. The molecule has 1 aliphatic heterocycles. The van der Waals surface area contributed by atoms with Crippen molar-refractivity contribution in [1.82, 2.24) is 20.4 Å². The molecule has 1 saturated heterocycles. The summed E-state index contributed by atoms with van der Waals surface area (Å²) in [6.45, 7) is 1.80. The molecule has 8 nitrogen and oxygen atoms in total. The van der Waals surface area contributed by atoms with Crippen LogP contribution in [0.4, 0.5) is 0 Å². The van der Waals surface area contributed by atoms with Gasteiger partial charge < -0.3 is 15.6 Å². The molecule has 3 heterocycles. The van der Waals surface area contributed by atoms with Gasteiger partial charge in [0.25, 0.3) is 0 Å². The summed E-state index contributed by atoms with van der Waals surface area (Å²) in [6, 6.07) is 7.31. The van der Waals surface area contributed by atoms with E-state index in [0.717, 1.165) is 25.1 Å². The zero-order valence-electron chi connectivity index (χ0n) is 13.9. The van der Waals surface area contributed by atoms with Crippen LogP contribution in [0.15, 0.2) is 35.0 Å². The summed E-state index contributed by atoms with van der Waals surface area (Å²) in [4.78, 5) is 29.5. The molecule has 132 valence electrons. The summed E-state index contributed by atoms with van der Waals surface area (Å²) in [5, 5.41) is 6.84. The SMILES string of the molecule is NC(=O)CN1CCC[C@@H](C(=O)NCc2cc(-c3ccccn3)no2)C1. The second-order valence-electron chi connectivity index (χ2n) is 6.15. The Hall–Kier alpha value is -2.74. The van der Waals surface area contributed by atoms with Crippen LogP contribution in [0.3, 0.4) is 0 Å². The van der Waals surface area contributed by atoms with Crippen LogP contribution in [-0.4, -0.2) is 46.5 Å². The normalized spacial score (nSPS) is 18.0. The number of likely N-dealkylation sites (tertiary alicyclic amines) is 1. The molecule has 2 aromatic heterocycles. The van der Waals surface area contributed by atoms with Gasteiger partial charge in [0, 0.05) is 18.8 Å². The maximum absolute atomic E-state index is 12.4. The standard InChI is InChI=1S/C17H21N5O3/c18-16(23)11-22-7-3-4-12(10-22)17(24)20-9-13-8-15(21-25-13)14-5-1-2-6-19-14/h1-2,5-6,8,12H,3-4,7,9-11H2,(H2,18,23)(H,20,24)/t12-/m1/s1. The van der Waals surface area contributed by atoms with Gasteiger partial charge in [-0.25, -0.2) is 0 Å². The summed E-state index contributed by atoms with van der Waals surface area (Å²) in [5.74, 6) is -0.000174. The Morgan fingerprint density at radius 1 is 1.36 bits per heavy atom. The number of pyridine rings is 1. The summed E-state index contributed by atoms with van der Waals surface area (Å²) in [7, 11) is 0. The van der Waals surface area contributed by atoms with Crippen molar-refractivity contribution in [1.29, 1.82) is 0 Å². The van der Waals surface area contributed by atoms with E-state index < -0.39 is 0 Å². The second-order valence-corrected chi connectivity index (χ2v) is 6.15. The summed E-state index contributed by atoms with van der Waals surface area (Å²) in [6.07, 6.45) is 3.36. The molecule has 0 aromatic carbocycles. The molecule has 1 aliphatic rings. The molecular weight excluding hydrogens is 322 g/mol. The van der Waals surface area contributed by atoms with E-state index in [0.29, 0.717) is 18.0 Å². The van der Waals surface area contributed by atoms with Gasteiger partial charge in [0.1, 0.15) is 5.69 Å². The first-order chi connectivity index (χ1) is 12.1. The Kier molecular flexibility index (Phi) is 5.39. The second kappa shape index (κ2) is 7.89. The van der Waals surface area contributed by atoms with Crippen molar-refractivity contribution >= 4 is 11.8 Å². The zero-order valence-corrected chi connectivity index (χ0v) is 13.9. The Bertz CT molecular complexity index is 731. The van der Waals surface area contributed by atoms with E-state index in [2.05, 4.69) is 15.5 Å². The Balaban J connectivity index is 1.52. The van der Waals surface area contributed by atoms with E-state index >= 15 is 0 Å². The smallest absolute Gasteiger partial charge is 0.231 e. The Labute approximate surface area is 145 Å². The number of piperidine rings is 1. The predicted molar refractivity (Wildman–Crippen MR) is 89.9 cm³/mol. The third-order valence-corrected chi connectivity index (χ3v) is 4.18. The molecule has 25 heavy (non-hydrogen) atoms. The monoisotopic (exact) mass is 343 g/mol. The highest BCUT2D eigenvalue weighted by Gasteiger charge is 2.26. The lowest BCUT2D eigenvalue weighted by Crippen LogP contribution is -2.45. The van der Waals surface area contributed by atoms with Gasteiger partial charge in [0.2, 0.25) is 11.8 Å². The van der Waals surface area contributed by atoms with Crippen molar-refractivity contribution in [2.45, 2.75) is 19.4 Å². The molecule has 1 fully saturated rings. The number of nitrogens with zero attached hydrogens (tertiary/aromatic N) is 3. The van der Waals surface area contributed by atoms with E-state index in [4.69, 9.17) is 10.3 Å². The van der Waals surface area contributed by atoms with Gasteiger partial charge in [0.05, 0.1) is 24.7 Å². The fourth-order valence-electron chi connectivity index (χ4n) is 2.98. The van der Waals surface area contributed by atoms with E-state index in [1.807, 2.05) is 23.1 Å². The average Bonchev–Trinajstić information content (AvgIpc) is 3.09. The fraction of sp³-hybridized carbons (Fsp3) is 0.412. The molecule has 3 rings (SSSR count). The molecule has 0 saturated carbocycles. The number of rotatable bonds is 6. The van der Waals surface area contributed by atoms with Crippen molar-refractivity contribution in [3.63, 3.8) is 0 Å². The van der Waals surface area contributed by atoms with Crippen LogP contribution >= 0.6 is 0 Å². The Morgan fingerprint density at radius 2 is 2.24 bits per heavy atom. The minimum atomic E-state index is -0.371. The molecule has 0 spiro atoms. The average molecular weight is 343 g/mol. The number of amides is 2. The lowest BCUT2D eigenvalue weighted by Gasteiger charge is -2.30. The van der Waals surface area contributed by atoms with Crippen molar-refractivity contribution in [2.24, 2.45) is 11.7 Å². The predicted octanol–water partition coefficient (Wildman–Crippen LogP) is 0.550. The molecule has 3 N–H and O–H groups in total. The molecule has 8 heteroatoms. The largest absolute Gasteiger partial charge is 0.369 e. The van der Waals surface area contributed by atoms with Crippen LogP contribution in [0.2, 0.25) is 0 Å². The number of nitrogens with one attached hydrogen (secondary N) is 1. The van der Waals surface area contributed by atoms with Crippen molar-refractivity contribution < 1.29 is 14.1 Å². The number of carbonyl (C=O) groups is 2. The molecular formula is C17H21N5O3. The van der Waals surface area contributed by atoms with Crippen molar-refractivity contribution in [3.05, 3.63) is 36.2 Å². The topological polar surface area (TPSA) is 114 Å². The number of hydrogen-bond donors (Lipinski definition) is 2. The number of aromatic nitrogens is 2. The van der Waals surface area contributed by atoms with Crippen LogP contribution in [0.1, 0.15) is 18.6 Å². The van der Waals surface area contributed by atoms with Crippen LogP contribution in [0.25, 0.3) is 11.4 Å². The highest BCUT2D eigenvalue weighted by Crippen LogP contribution is 2.18. The van der Waals surface area contributed by atoms with E-state index in [9.17, 15) is 9.59 Å². The number of carbonyl (C=O) groups excluding carboxylic acids is 2. The fourth-order valence-corrected chi connectivity index (χ4v) is 2.98. The lowest BCUT2D eigenvalue weighted by molar-refractivity contribution is -0.128. The molecule has 0 unspecified atom stereocenters. The number of hydrogen-bond acceptors (Lipinski definition) is 6.